The molecule has 14 heavy (non-hydrogen) atoms. The van der Waals surface area contributed by atoms with E-state index in [9.17, 15) is 0 Å². The highest BCUT2D eigenvalue weighted by molar-refractivity contribution is 4.87. The van der Waals surface area contributed by atoms with Gasteiger partial charge in [-0.15, -0.1) is 0 Å². The number of likely N-dealkylation sites (N-methyl/N-ethyl adjacent to an activating group) is 2. The molecule has 0 N–H and O–H groups in total. The Morgan fingerprint density at radius 3 is 2.79 bits per heavy atom. The average Bonchev–Trinajstić information content (AvgIpc) is 2.31. The average molecular weight is 195 g/mol. The lowest BCUT2D eigenvalue weighted by atomic mass is 10.2. The molecular weight excluding hydrogens is 174 g/mol. The zero-order chi connectivity index (χ0) is 10.6. The Balaban J connectivity index is 2.62. The molecule has 0 bridgehead atoms. The van der Waals surface area contributed by atoms with Gasteiger partial charge in [0.1, 0.15) is 0 Å². The molecule has 3 nitrogen and oxygen atoms in total. The van der Waals surface area contributed by atoms with Crippen LogP contribution in [0.1, 0.15) is 26.7 Å². The third-order valence-corrected chi connectivity index (χ3v) is 3.32. The Kier molecular flexibility index (Phi) is 4.37. The summed E-state index contributed by atoms with van der Waals surface area (Å²) < 4.78 is 0. The monoisotopic (exact) mass is 195 g/mol. The van der Waals surface area contributed by atoms with E-state index in [4.69, 9.17) is 5.26 Å². The maximum absolute atomic E-state index is 8.76. The van der Waals surface area contributed by atoms with E-state index in [1.54, 1.807) is 0 Å². The van der Waals surface area contributed by atoms with E-state index < -0.39 is 0 Å². The van der Waals surface area contributed by atoms with Crippen LogP contribution in [0.3, 0.4) is 0 Å². The molecule has 1 heterocycles. The molecule has 0 aliphatic carbocycles. The van der Waals surface area contributed by atoms with Gasteiger partial charge in [-0.2, -0.15) is 5.26 Å². The highest BCUT2D eigenvalue weighted by Crippen LogP contribution is 2.15. The fourth-order valence-corrected chi connectivity index (χ4v) is 2.11. The lowest BCUT2D eigenvalue weighted by Crippen LogP contribution is -2.40. The van der Waals surface area contributed by atoms with Gasteiger partial charge in [0.2, 0.25) is 0 Å². The standard InChI is InChI=1S/C11H21N3/c1-4-14-9-11(5-7-12)13(3)8-6-10(14)2/h10-11H,4-6,8-9H2,1-3H3. The van der Waals surface area contributed by atoms with Crippen molar-refractivity contribution in [2.45, 2.75) is 38.8 Å². The Morgan fingerprint density at radius 2 is 2.21 bits per heavy atom. The topological polar surface area (TPSA) is 30.3 Å². The number of hydrogen-bond donors (Lipinski definition) is 0. The predicted molar refractivity (Wildman–Crippen MR) is 58.0 cm³/mol. The van der Waals surface area contributed by atoms with Crippen molar-refractivity contribution in [2.75, 3.05) is 26.7 Å². The maximum atomic E-state index is 8.76. The van der Waals surface area contributed by atoms with Crippen molar-refractivity contribution >= 4 is 0 Å². The van der Waals surface area contributed by atoms with Gasteiger partial charge in [-0.05, 0) is 33.5 Å². The molecule has 0 radical (unpaired) electrons. The molecule has 2 atom stereocenters. The van der Waals surface area contributed by atoms with Gasteiger partial charge in [-0.1, -0.05) is 6.92 Å². The van der Waals surface area contributed by atoms with Crippen molar-refractivity contribution in [2.24, 2.45) is 0 Å². The summed E-state index contributed by atoms with van der Waals surface area (Å²) in [5, 5.41) is 8.76. The molecule has 0 aromatic carbocycles. The van der Waals surface area contributed by atoms with Gasteiger partial charge >= 0.3 is 0 Å². The number of nitriles is 1. The van der Waals surface area contributed by atoms with E-state index in [1.165, 1.54) is 6.42 Å². The lowest BCUT2D eigenvalue weighted by molar-refractivity contribution is 0.190. The smallest absolute Gasteiger partial charge is 0.0638 e. The molecule has 1 aliphatic heterocycles. The summed E-state index contributed by atoms with van der Waals surface area (Å²) in [5.41, 5.74) is 0. The number of hydrogen-bond acceptors (Lipinski definition) is 3. The third kappa shape index (κ3) is 2.70. The second kappa shape index (κ2) is 5.33. The summed E-state index contributed by atoms with van der Waals surface area (Å²) >= 11 is 0. The zero-order valence-corrected chi connectivity index (χ0v) is 9.53. The predicted octanol–water partition coefficient (Wildman–Crippen LogP) is 1.31. The first kappa shape index (κ1) is 11.5. The summed E-state index contributed by atoms with van der Waals surface area (Å²) in [6.45, 7) is 7.74. The Bertz CT molecular complexity index is 209. The van der Waals surface area contributed by atoms with Gasteiger partial charge in [-0.3, -0.25) is 4.90 Å². The molecule has 2 unspecified atom stereocenters. The highest BCUT2D eigenvalue weighted by Gasteiger charge is 2.24. The molecule has 1 rings (SSSR count). The van der Waals surface area contributed by atoms with Gasteiger partial charge in [0.05, 0.1) is 12.5 Å². The summed E-state index contributed by atoms with van der Waals surface area (Å²) in [5.74, 6) is 0. The van der Waals surface area contributed by atoms with E-state index in [0.29, 0.717) is 18.5 Å². The van der Waals surface area contributed by atoms with E-state index in [-0.39, 0.29) is 0 Å². The van der Waals surface area contributed by atoms with Crippen LogP contribution in [0.4, 0.5) is 0 Å². The molecule has 1 saturated heterocycles. The van der Waals surface area contributed by atoms with Crippen molar-refractivity contribution in [1.29, 1.82) is 5.26 Å². The molecule has 0 aromatic rings. The molecular formula is C11H21N3. The minimum atomic E-state index is 0.421. The van der Waals surface area contributed by atoms with Crippen LogP contribution in [0.25, 0.3) is 0 Å². The van der Waals surface area contributed by atoms with Gasteiger partial charge in [0.15, 0.2) is 0 Å². The van der Waals surface area contributed by atoms with Crippen LogP contribution in [-0.2, 0) is 0 Å². The van der Waals surface area contributed by atoms with Crippen molar-refractivity contribution in [1.82, 2.24) is 9.80 Å². The largest absolute Gasteiger partial charge is 0.301 e. The molecule has 0 spiro atoms. The fraction of sp³-hybridized carbons (Fsp3) is 0.909. The highest BCUT2D eigenvalue weighted by atomic mass is 15.2. The van der Waals surface area contributed by atoms with Crippen molar-refractivity contribution in [3.63, 3.8) is 0 Å². The maximum Gasteiger partial charge on any atom is 0.0638 e. The summed E-state index contributed by atoms with van der Waals surface area (Å²) in [4.78, 5) is 4.81. The third-order valence-electron chi connectivity index (χ3n) is 3.32. The van der Waals surface area contributed by atoms with E-state index in [2.05, 4.69) is 36.8 Å². The van der Waals surface area contributed by atoms with Crippen molar-refractivity contribution in [3.8, 4) is 6.07 Å². The van der Waals surface area contributed by atoms with Crippen LogP contribution in [0.15, 0.2) is 0 Å². The lowest BCUT2D eigenvalue weighted by Gasteiger charge is -2.28. The molecule has 0 amide bonds. The molecule has 1 aliphatic rings. The molecule has 0 saturated carbocycles. The van der Waals surface area contributed by atoms with Crippen LogP contribution in [0.5, 0.6) is 0 Å². The van der Waals surface area contributed by atoms with Gasteiger partial charge in [0.25, 0.3) is 0 Å². The van der Waals surface area contributed by atoms with Crippen molar-refractivity contribution in [3.05, 3.63) is 0 Å². The minimum absolute atomic E-state index is 0.421. The Morgan fingerprint density at radius 1 is 1.50 bits per heavy atom. The Labute approximate surface area is 87.3 Å². The Hall–Kier alpha value is -0.590. The van der Waals surface area contributed by atoms with Gasteiger partial charge in [0, 0.05) is 18.6 Å². The number of rotatable bonds is 2. The molecule has 80 valence electrons. The summed E-state index contributed by atoms with van der Waals surface area (Å²) in [7, 11) is 2.13. The molecule has 1 fully saturated rings. The fourth-order valence-electron chi connectivity index (χ4n) is 2.11. The number of nitrogens with zero attached hydrogens (tertiary/aromatic N) is 3. The van der Waals surface area contributed by atoms with E-state index in [1.807, 2.05) is 0 Å². The van der Waals surface area contributed by atoms with Crippen LogP contribution < -0.4 is 0 Å². The van der Waals surface area contributed by atoms with Gasteiger partial charge in [-0.25, -0.2) is 0 Å². The molecule has 0 aromatic heterocycles. The second-order valence-corrected chi connectivity index (χ2v) is 4.22. The van der Waals surface area contributed by atoms with Crippen LogP contribution in [-0.4, -0.2) is 48.6 Å². The van der Waals surface area contributed by atoms with Crippen LogP contribution in [0.2, 0.25) is 0 Å². The van der Waals surface area contributed by atoms with Crippen LogP contribution in [0, 0.1) is 11.3 Å². The minimum Gasteiger partial charge on any atom is -0.301 e. The van der Waals surface area contributed by atoms with Gasteiger partial charge < -0.3 is 4.90 Å². The van der Waals surface area contributed by atoms with E-state index >= 15 is 0 Å². The molecule has 3 heteroatoms. The first-order valence-electron chi connectivity index (χ1n) is 5.50. The first-order chi connectivity index (χ1) is 6.69. The SMILES string of the molecule is CCN1CC(CC#N)N(C)CCC1C. The van der Waals surface area contributed by atoms with Crippen molar-refractivity contribution < 1.29 is 0 Å². The zero-order valence-electron chi connectivity index (χ0n) is 9.53. The quantitative estimate of drug-likeness (QED) is 0.665. The second-order valence-electron chi connectivity index (χ2n) is 4.22. The summed E-state index contributed by atoms with van der Waals surface area (Å²) in [6, 6.07) is 3.37. The first-order valence-corrected chi connectivity index (χ1v) is 5.50. The van der Waals surface area contributed by atoms with E-state index in [0.717, 1.165) is 19.6 Å². The normalized spacial score (nSPS) is 31.0. The summed E-state index contributed by atoms with van der Waals surface area (Å²) in [6.07, 6.45) is 1.87. The van der Waals surface area contributed by atoms with Crippen LogP contribution >= 0.6 is 0 Å².